The Morgan fingerprint density at radius 1 is 0.967 bits per heavy atom. The maximum absolute atomic E-state index is 13.0. The van der Waals surface area contributed by atoms with Gasteiger partial charge in [0.1, 0.15) is 0 Å². The number of alkyl halides is 3. The lowest BCUT2D eigenvalue weighted by Gasteiger charge is -2.31. The number of nitrogens with zero attached hydrogens (tertiary/aromatic N) is 2. The molecular formula is C23H25F3N2O2. The Hall–Kier alpha value is -2.38. The third-order valence-corrected chi connectivity index (χ3v) is 5.80. The number of carbonyl (C=O) groups is 1. The van der Waals surface area contributed by atoms with E-state index in [9.17, 15) is 18.0 Å². The Bertz CT molecular complexity index is 888. The lowest BCUT2D eigenvalue weighted by molar-refractivity contribution is -0.137. The van der Waals surface area contributed by atoms with Crippen LogP contribution in [0.3, 0.4) is 0 Å². The molecule has 30 heavy (non-hydrogen) atoms. The lowest BCUT2D eigenvalue weighted by Crippen LogP contribution is -2.40. The Balaban J connectivity index is 1.46. The van der Waals surface area contributed by atoms with Gasteiger partial charge in [0.25, 0.3) is 0 Å². The molecule has 2 aromatic carbocycles. The molecule has 0 bridgehead atoms. The minimum Gasteiger partial charge on any atom is -0.379 e. The molecule has 4 rings (SSSR count). The summed E-state index contributed by atoms with van der Waals surface area (Å²) >= 11 is 0. The van der Waals surface area contributed by atoms with Crippen LogP contribution >= 0.6 is 0 Å². The van der Waals surface area contributed by atoms with Gasteiger partial charge >= 0.3 is 6.18 Å². The molecule has 7 heteroatoms. The highest BCUT2D eigenvalue weighted by atomic mass is 19.4. The molecule has 2 aliphatic heterocycles. The second-order valence-electron chi connectivity index (χ2n) is 8.37. The van der Waals surface area contributed by atoms with Crippen LogP contribution < -0.4 is 0 Å². The predicted octanol–water partition coefficient (Wildman–Crippen LogP) is 3.96. The molecule has 160 valence electrons. The average molecular weight is 418 g/mol. The van der Waals surface area contributed by atoms with Gasteiger partial charge in [-0.1, -0.05) is 48.5 Å². The van der Waals surface area contributed by atoms with Crippen molar-refractivity contribution in [1.82, 2.24) is 9.80 Å². The summed E-state index contributed by atoms with van der Waals surface area (Å²) in [7, 11) is 0. The van der Waals surface area contributed by atoms with E-state index in [0.29, 0.717) is 57.9 Å². The molecule has 1 atom stereocenters. The number of rotatable bonds is 4. The van der Waals surface area contributed by atoms with Crippen molar-refractivity contribution >= 4 is 5.91 Å². The van der Waals surface area contributed by atoms with E-state index in [1.807, 2.05) is 35.2 Å². The van der Waals surface area contributed by atoms with Crippen LogP contribution in [0.5, 0.6) is 0 Å². The first-order valence-electron chi connectivity index (χ1n) is 10.1. The van der Waals surface area contributed by atoms with Gasteiger partial charge in [0.15, 0.2) is 0 Å². The van der Waals surface area contributed by atoms with E-state index in [1.54, 1.807) is 6.07 Å². The molecule has 4 nitrogen and oxygen atoms in total. The topological polar surface area (TPSA) is 32.8 Å². The monoisotopic (exact) mass is 418 g/mol. The SMILES string of the molecule is O=C1C[C@]2(COCCN(Cc3cccc(C(F)(F)F)c3)C2)CN1Cc1ccccc1. The van der Waals surface area contributed by atoms with Gasteiger partial charge in [-0.25, -0.2) is 0 Å². The Labute approximate surface area is 174 Å². The van der Waals surface area contributed by atoms with Crippen molar-refractivity contribution in [3.63, 3.8) is 0 Å². The molecule has 0 saturated carbocycles. The van der Waals surface area contributed by atoms with Crippen LogP contribution in [0.4, 0.5) is 13.2 Å². The van der Waals surface area contributed by atoms with Crippen LogP contribution in [0.25, 0.3) is 0 Å². The maximum Gasteiger partial charge on any atom is 0.416 e. The minimum atomic E-state index is -4.35. The summed E-state index contributed by atoms with van der Waals surface area (Å²) in [6.07, 6.45) is -3.95. The molecule has 1 spiro atoms. The summed E-state index contributed by atoms with van der Waals surface area (Å²) in [5.74, 6) is 0.100. The van der Waals surface area contributed by atoms with Crippen molar-refractivity contribution in [2.75, 3.05) is 32.8 Å². The van der Waals surface area contributed by atoms with Crippen LogP contribution in [0.2, 0.25) is 0 Å². The van der Waals surface area contributed by atoms with Gasteiger partial charge in [-0.2, -0.15) is 13.2 Å². The first-order chi connectivity index (χ1) is 14.3. The smallest absolute Gasteiger partial charge is 0.379 e. The molecule has 0 aliphatic carbocycles. The van der Waals surface area contributed by atoms with Crippen molar-refractivity contribution in [2.24, 2.45) is 5.41 Å². The van der Waals surface area contributed by atoms with E-state index < -0.39 is 11.7 Å². The number of halogens is 3. The first-order valence-corrected chi connectivity index (χ1v) is 10.1. The number of hydrogen-bond acceptors (Lipinski definition) is 3. The highest BCUT2D eigenvalue weighted by Gasteiger charge is 2.45. The molecular weight excluding hydrogens is 393 g/mol. The van der Waals surface area contributed by atoms with Crippen molar-refractivity contribution in [2.45, 2.75) is 25.7 Å². The molecule has 1 amide bonds. The fourth-order valence-electron chi connectivity index (χ4n) is 4.45. The molecule has 2 saturated heterocycles. The van der Waals surface area contributed by atoms with Crippen LogP contribution in [-0.2, 0) is 28.8 Å². The van der Waals surface area contributed by atoms with Crippen LogP contribution in [0, 0.1) is 5.41 Å². The number of ether oxygens (including phenoxy) is 1. The van der Waals surface area contributed by atoms with Gasteiger partial charge in [-0.15, -0.1) is 0 Å². The maximum atomic E-state index is 13.0. The summed E-state index contributed by atoms with van der Waals surface area (Å²) in [5, 5.41) is 0. The van der Waals surface area contributed by atoms with Gasteiger partial charge < -0.3 is 9.64 Å². The predicted molar refractivity (Wildman–Crippen MR) is 106 cm³/mol. The normalized spacial score (nSPS) is 23.2. The van der Waals surface area contributed by atoms with Crippen molar-refractivity contribution < 1.29 is 22.7 Å². The van der Waals surface area contributed by atoms with E-state index in [-0.39, 0.29) is 11.3 Å². The van der Waals surface area contributed by atoms with Crippen LogP contribution in [-0.4, -0.2) is 48.6 Å². The van der Waals surface area contributed by atoms with Crippen LogP contribution in [0.1, 0.15) is 23.1 Å². The van der Waals surface area contributed by atoms with E-state index in [1.165, 1.54) is 12.1 Å². The van der Waals surface area contributed by atoms with Gasteiger partial charge in [0, 0.05) is 44.6 Å². The van der Waals surface area contributed by atoms with Gasteiger partial charge in [0.2, 0.25) is 5.91 Å². The molecule has 2 aliphatic rings. The number of benzene rings is 2. The van der Waals surface area contributed by atoms with Gasteiger partial charge in [-0.05, 0) is 17.2 Å². The summed E-state index contributed by atoms with van der Waals surface area (Å²) in [4.78, 5) is 16.7. The highest BCUT2D eigenvalue weighted by Crippen LogP contribution is 2.36. The summed E-state index contributed by atoms with van der Waals surface area (Å²) in [6.45, 7) is 3.82. The third kappa shape index (κ3) is 4.84. The molecule has 0 aromatic heterocycles. The quantitative estimate of drug-likeness (QED) is 0.754. The van der Waals surface area contributed by atoms with E-state index >= 15 is 0 Å². The Morgan fingerprint density at radius 3 is 2.50 bits per heavy atom. The number of hydrogen-bond donors (Lipinski definition) is 0. The number of amides is 1. The third-order valence-electron chi connectivity index (χ3n) is 5.80. The largest absolute Gasteiger partial charge is 0.416 e. The molecule has 0 radical (unpaired) electrons. The van der Waals surface area contributed by atoms with E-state index in [0.717, 1.165) is 11.6 Å². The summed E-state index contributed by atoms with van der Waals surface area (Å²) in [5.41, 5.74) is 0.737. The molecule has 0 N–H and O–H groups in total. The second-order valence-corrected chi connectivity index (χ2v) is 8.37. The standard InChI is InChI=1S/C23H25F3N2O2/c24-23(25,26)20-8-4-7-19(11-20)13-27-9-10-30-17-22(15-27)12-21(29)28(16-22)14-18-5-2-1-3-6-18/h1-8,11H,9-10,12-17H2/t22-/m1/s1. The first kappa shape index (κ1) is 20.9. The zero-order chi connectivity index (χ0) is 21.2. The lowest BCUT2D eigenvalue weighted by atomic mass is 9.87. The van der Waals surface area contributed by atoms with Gasteiger partial charge in [-0.3, -0.25) is 9.69 Å². The molecule has 0 unspecified atom stereocenters. The molecule has 2 heterocycles. The molecule has 2 aromatic rings. The minimum absolute atomic E-state index is 0.100. The molecule has 2 fully saturated rings. The number of carbonyl (C=O) groups excluding carboxylic acids is 1. The average Bonchev–Trinajstić information content (AvgIpc) is 2.87. The summed E-state index contributed by atoms with van der Waals surface area (Å²) in [6, 6.07) is 15.3. The Morgan fingerprint density at radius 2 is 1.73 bits per heavy atom. The van der Waals surface area contributed by atoms with Crippen molar-refractivity contribution in [1.29, 1.82) is 0 Å². The fraction of sp³-hybridized carbons (Fsp3) is 0.435. The zero-order valence-electron chi connectivity index (χ0n) is 16.7. The Kier molecular flexibility index (Phi) is 5.84. The number of likely N-dealkylation sites (tertiary alicyclic amines) is 1. The summed E-state index contributed by atoms with van der Waals surface area (Å²) < 4.78 is 44.9. The van der Waals surface area contributed by atoms with Crippen molar-refractivity contribution in [3.8, 4) is 0 Å². The zero-order valence-corrected chi connectivity index (χ0v) is 16.7. The highest BCUT2D eigenvalue weighted by molar-refractivity contribution is 5.79. The second kappa shape index (κ2) is 8.40. The van der Waals surface area contributed by atoms with Crippen LogP contribution in [0.15, 0.2) is 54.6 Å². The van der Waals surface area contributed by atoms with E-state index in [2.05, 4.69) is 4.90 Å². The van der Waals surface area contributed by atoms with Crippen molar-refractivity contribution in [3.05, 3.63) is 71.3 Å². The fourth-order valence-corrected chi connectivity index (χ4v) is 4.45. The van der Waals surface area contributed by atoms with E-state index in [4.69, 9.17) is 4.74 Å². The van der Waals surface area contributed by atoms with Gasteiger partial charge in [0.05, 0.1) is 18.8 Å².